The number of likely N-dealkylation sites (N-methyl/N-ethyl adjacent to an activating group) is 1. The number of nitrogens with two attached hydrogens (primary N) is 1. The summed E-state index contributed by atoms with van der Waals surface area (Å²) >= 11 is 1.53. The van der Waals surface area contributed by atoms with Crippen LogP contribution in [-0.4, -0.2) is 97.3 Å². The maximum absolute atomic E-state index is 14.1. The molecular formula is C28H35F2N5O4S. The van der Waals surface area contributed by atoms with Crippen molar-refractivity contribution in [3.05, 3.63) is 34.7 Å². The topological polar surface area (TPSA) is 109 Å². The summed E-state index contributed by atoms with van der Waals surface area (Å²) in [7, 11) is 2.09. The number of benzene rings is 1. The van der Waals surface area contributed by atoms with Gasteiger partial charge in [-0.25, -0.2) is 13.8 Å². The fourth-order valence-corrected chi connectivity index (χ4v) is 6.84. The Morgan fingerprint density at radius 2 is 1.93 bits per heavy atom. The van der Waals surface area contributed by atoms with Gasteiger partial charge in [0, 0.05) is 49.2 Å². The number of Topliss-reactive ketones (excluding diaryl/α,β-unsaturated/α-hetero) is 1. The number of aromatic nitrogens is 1. The fourth-order valence-electron chi connectivity index (χ4n) is 5.95. The number of anilines is 1. The average Bonchev–Trinajstić information content (AvgIpc) is 3.64. The molecule has 0 saturated carbocycles. The molecule has 3 fully saturated rings. The van der Waals surface area contributed by atoms with Crippen LogP contribution >= 0.6 is 11.3 Å². The average molecular weight is 576 g/mol. The molecule has 2 amide bonds. The van der Waals surface area contributed by atoms with Gasteiger partial charge in [0.2, 0.25) is 18.2 Å². The molecule has 1 aromatic carbocycles. The second-order valence-electron chi connectivity index (χ2n) is 11.3. The number of hydrogen-bond donors (Lipinski definition) is 1. The zero-order valence-electron chi connectivity index (χ0n) is 22.9. The van der Waals surface area contributed by atoms with Crippen molar-refractivity contribution in [2.75, 3.05) is 51.3 Å². The van der Waals surface area contributed by atoms with Crippen molar-refractivity contribution in [1.82, 2.24) is 14.8 Å². The lowest BCUT2D eigenvalue weighted by molar-refractivity contribution is -0.138. The van der Waals surface area contributed by atoms with Crippen LogP contribution in [-0.2, 0) is 14.3 Å². The Morgan fingerprint density at radius 1 is 1.20 bits per heavy atom. The van der Waals surface area contributed by atoms with Crippen molar-refractivity contribution in [2.45, 2.75) is 44.8 Å². The summed E-state index contributed by atoms with van der Waals surface area (Å²) in [5.74, 6) is -3.62. The smallest absolute Gasteiger partial charge is 0.249 e. The summed E-state index contributed by atoms with van der Waals surface area (Å²) in [5, 5.41) is 2.85. The van der Waals surface area contributed by atoms with Crippen molar-refractivity contribution in [3.63, 3.8) is 0 Å². The van der Waals surface area contributed by atoms with E-state index in [4.69, 9.17) is 15.5 Å². The Balaban J connectivity index is 1.50. The Labute approximate surface area is 236 Å². The van der Waals surface area contributed by atoms with Crippen molar-refractivity contribution in [2.24, 2.45) is 17.6 Å². The van der Waals surface area contributed by atoms with Gasteiger partial charge in [-0.05, 0) is 37.1 Å². The number of amides is 2. The first-order chi connectivity index (χ1) is 19.0. The van der Waals surface area contributed by atoms with E-state index in [0.29, 0.717) is 17.7 Å². The number of halogens is 2. The molecule has 0 bridgehead atoms. The molecule has 2 N–H and O–H groups in total. The van der Waals surface area contributed by atoms with E-state index in [2.05, 4.69) is 16.8 Å². The summed E-state index contributed by atoms with van der Waals surface area (Å²) < 4.78 is 33.1. The number of ether oxygens (including phenoxy) is 1. The van der Waals surface area contributed by atoms with E-state index in [-0.39, 0.29) is 30.4 Å². The van der Waals surface area contributed by atoms with Crippen molar-refractivity contribution in [3.8, 4) is 11.3 Å². The van der Waals surface area contributed by atoms with Gasteiger partial charge in [0.05, 0.1) is 23.6 Å². The second kappa shape index (κ2) is 11.5. The highest BCUT2D eigenvalue weighted by Gasteiger charge is 2.55. The van der Waals surface area contributed by atoms with Crippen LogP contribution in [0.25, 0.3) is 11.3 Å². The minimum absolute atomic E-state index is 0.0289. The number of carbonyl (C=O) groups excluding carboxylic acids is 3. The van der Waals surface area contributed by atoms with Crippen LogP contribution in [0, 0.1) is 11.8 Å². The van der Waals surface area contributed by atoms with Crippen molar-refractivity contribution in [1.29, 1.82) is 0 Å². The number of piperazine rings is 1. The molecule has 4 heterocycles. The van der Waals surface area contributed by atoms with Gasteiger partial charge in [0.15, 0.2) is 10.9 Å². The SMILES string of the molecule is CC(C)C[C@H](C(=O)N1C[C@H](C(F)F)[C@H]2OCC(=O)[C@H]21)c1cc(-c2csc(N3CCN(C)CC3)n2)ccc1C(N)=O. The highest BCUT2D eigenvalue weighted by atomic mass is 32.1. The third kappa shape index (κ3) is 5.48. The van der Waals surface area contributed by atoms with Crippen LogP contribution in [0.15, 0.2) is 23.6 Å². The Kier molecular flexibility index (Phi) is 8.21. The maximum atomic E-state index is 14.1. The number of rotatable bonds is 8. The summed E-state index contributed by atoms with van der Waals surface area (Å²) in [6.45, 7) is 6.95. The number of fused-ring (bicyclic) bond motifs is 1. The van der Waals surface area contributed by atoms with Crippen LogP contribution in [0.4, 0.5) is 13.9 Å². The lowest BCUT2D eigenvalue weighted by Crippen LogP contribution is -2.44. The van der Waals surface area contributed by atoms with E-state index in [1.165, 1.54) is 16.2 Å². The van der Waals surface area contributed by atoms with E-state index in [0.717, 1.165) is 36.9 Å². The van der Waals surface area contributed by atoms with Gasteiger partial charge in [-0.3, -0.25) is 14.4 Å². The molecule has 5 rings (SSSR count). The molecule has 12 heteroatoms. The van der Waals surface area contributed by atoms with Gasteiger partial charge >= 0.3 is 0 Å². The molecule has 0 spiro atoms. The predicted octanol–water partition coefficient (Wildman–Crippen LogP) is 2.85. The summed E-state index contributed by atoms with van der Waals surface area (Å²) in [4.78, 5) is 49.8. The molecule has 216 valence electrons. The summed E-state index contributed by atoms with van der Waals surface area (Å²) in [6, 6.07) is 4.07. The molecule has 4 atom stereocenters. The fraction of sp³-hybridized carbons (Fsp3) is 0.571. The molecule has 0 unspecified atom stereocenters. The first kappa shape index (κ1) is 28.6. The molecule has 0 aliphatic carbocycles. The number of likely N-dealkylation sites (tertiary alicyclic amines) is 1. The normalized spacial score (nSPS) is 24.3. The van der Waals surface area contributed by atoms with E-state index in [1.54, 1.807) is 18.2 Å². The number of ketones is 1. The first-order valence-corrected chi connectivity index (χ1v) is 14.5. The summed E-state index contributed by atoms with van der Waals surface area (Å²) in [6.07, 6.45) is -3.42. The van der Waals surface area contributed by atoms with Crippen LogP contribution in [0.3, 0.4) is 0 Å². The highest BCUT2D eigenvalue weighted by Crippen LogP contribution is 2.40. The number of hydrogen-bond acceptors (Lipinski definition) is 8. The first-order valence-electron chi connectivity index (χ1n) is 13.6. The second-order valence-corrected chi connectivity index (χ2v) is 12.2. The van der Waals surface area contributed by atoms with Crippen LogP contribution < -0.4 is 10.6 Å². The number of carbonyl (C=O) groups is 3. The van der Waals surface area contributed by atoms with E-state index < -0.39 is 42.2 Å². The van der Waals surface area contributed by atoms with Crippen molar-refractivity contribution < 1.29 is 27.9 Å². The van der Waals surface area contributed by atoms with Gasteiger partial charge < -0.3 is 25.2 Å². The third-order valence-electron chi connectivity index (χ3n) is 8.09. The van der Waals surface area contributed by atoms with E-state index >= 15 is 0 Å². The Bertz CT molecular complexity index is 1280. The van der Waals surface area contributed by atoms with Crippen molar-refractivity contribution >= 4 is 34.1 Å². The van der Waals surface area contributed by atoms with Gasteiger partial charge in [-0.1, -0.05) is 19.9 Å². The monoisotopic (exact) mass is 575 g/mol. The quantitative estimate of drug-likeness (QED) is 0.516. The van der Waals surface area contributed by atoms with Crippen LogP contribution in [0.5, 0.6) is 0 Å². The summed E-state index contributed by atoms with van der Waals surface area (Å²) in [5.41, 5.74) is 7.79. The lowest BCUT2D eigenvalue weighted by Gasteiger charge is -2.32. The molecule has 9 nitrogen and oxygen atoms in total. The number of nitrogens with zero attached hydrogens (tertiary/aromatic N) is 4. The maximum Gasteiger partial charge on any atom is 0.249 e. The molecule has 3 saturated heterocycles. The number of alkyl halides is 2. The minimum atomic E-state index is -2.73. The standard InChI is InChI=1S/C28H35F2N5O4S/c1-15(2)10-19(27(38)35-12-20(25(29)30)24-23(35)22(36)13-39-24)18-11-16(4-5-17(18)26(31)37)21-14-40-28(32-21)34-8-6-33(3)7-9-34/h4-5,11,14-15,19-20,23-25H,6-10,12-13H2,1-3H3,(H2,31,37)/t19-,20-,23+,24+/m0/s1. The van der Waals surface area contributed by atoms with Gasteiger partial charge in [-0.2, -0.15) is 0 Å². The van der Waals surface area contributed by atoms with Gasteiger partial charge in [-0.15, -0.1) is 11.3 Å². The molecule has 0 radical (unpaired) electrons. The predicted molar refractivity (Wildman–Crippen MR) is 148 cm³/mol. The van der Waals surface area contributed by atoms with Crippen LogP contribution in [0.2, 0.25) is 0 Å². The zero-order chi connectivity index (χ0) is 28.7. The molecule has 1 aromatic heterocycles. The molecule has 40 heavy (non-hydrogen) atoms. The Hall–Kier alpha value is -2.96. The lowest BCUT2D eigenvalue weighted by atomic mass is 9.84. The van der Waals surface area contributed by atoms with Gasteiger partial charge in [0.1, 0.15) is 12.6 Å². The largest absolute Gasteiger partial charge is 0.367 e. The third-order valence-corrected chi connectivity index (χ3v) is 8.99. The number of primary amides is 1. The van der Waals surface area contributed by atoms with E-state index in [9.17, 15) is 23.2 Å². The number of thiazole rings is 1. The molecular weight excluding hydrogens is 540 g/mol. The molecule has 2 aromatic rings. The molecule has 3 aliphatic heterocycles. The van der Waals surface area contributed by atoms with E-state index in [1.807, 2.05) is 19.2 Å². The highest BCUT2D eigenvalue weighted by molar-refractivity contribution is 7.14. The van der Waals surface area contributed by atoms with Gasteiger partial charge in [0.25, 0.3) is 0 Å². The molecule has 3 aliphatic rings. The minimum Gasteiger partial charge on any atom is -0.367 e. The zero-order valence-corrected chi connectivity index (χ0v) is 23.7. The van der Waals surface area contributed by atoms with Crippen LogP contribution in [0.1, 0.15) is 42.1 Å². The Morgan fingerprint density at radius 3 is 2.58 bits per heavy atom.